The molecule has 0 saturated carbocycles. The van der Waals surface area contributed by atoms with Crippen molar-refractivity contribution in [3.8, 4) is 0 Å². The topological polar surface area (TPSA) is 72.8 Å². The molecular formula is C75H128O5. The van der Waals surface area contributed by atoms with E-state index < -0.39 is 6.10 Å². The van der Waals surface area contributed by atoms with Crippen molar-refractivity contribution in [2.75, 3.05) is 13.2 Å². The van der Waals surface area contributed by atoms with Gasteiger partial charge in [0.15, 0.2) is 6.10 Å². The van der Waals surface area contributed by atoms with Gasteiger partial charge in [0.2, 0.25) is 0 Å². The van der Waals surface area contributed by atoms with Gasteiger partial charge in [0.1, 0.15) is 6.61 Å². The number of esters is 2. The summed E-state index contributed by atoms with van der Waals surface area (Å²) in [5.41, 5.74) is 0. The third-order valence-electron chi connectivity index (χ3n) is 14.7. The Bertz CT molecular complexity index is 1590. The lowest BCUT2D eigenvalue weighted by Gasteiger charge is -2.15. The molecule has 0 amide bonds. The number of carbonyl (C=O) groups excluding carboxylic acids is 2. The van der Waals surface area contributed by atoms with Crippen LogP contribution in [0.1, 0.15) is 322 Å². The number of carbonyl (C=O) groups is 2. The molecule has 5 heteroatoms. The number of allylic oxidation sites excluding steroid dienone is 20. The predicted molar refractivity (Wildman–Crippen MR) is 352 cm³/mol. The molecule has 0 fully saturated rings. The van der Waals surface area contributed by atoms with Crippen molar-refractivity contribution >= 4 is 11.9 Å². The fourth-order valence-corrected chi connectivity index (χ4v) is 9.66. The molecule has 0 aliphatic rings. The quantitative estimate of drug-likeness (QED) is 0.0373. The summed E-state index contributed by atoms with van der Waals surface area (Å²) in [4.78, 5) is 24.6. The van der Waals surface area contributed by atoms with Gasteiger partial charge in [0.25, 0.3) is 0 Å². The molecule has 0 aromatic heterocycles. The van der Waals surface area contributed by atoms with Crippen LogP contribution < -0.4 is 0 Å². The maximum atomic E-state index is 12.4. The van der Waals surface area contributed by atoms with Gasteiger partial charge in [0.05, 0.1) is 6.61 Å². The summed E-state index contributed by atoms with van der Waals surface area (Å²) in [6, 6.07) is 0. The summed E-state index contributed by atoms with van der Waals surface area (Å²) in [6.45, 7) is 4.04. The summed E-state index contributed by atoms with van der Waals surface area (Å²) >= 11 is 0. The van der Waals surface area contributed by atoms with Crippen molar-refractivity contribution < 1.29 is 24.2 Å². The van der Waals surface area contributed by atoms with Gasteiger partial charge in [-0.15, -0.1) is 0 Å². The summed E-state index contributed by atoms with van der Waals surface area (Å²) in [6.07, 6.45) is 102. The smallest absolute Gasteiger partial charge is 0.306 e. The number of hydrogen-bond donors (Lipinski definition) is 1. The average molecular weight is 1110 g/mol. The molecule has 0 aromatic carbocycles. The van der Waals surface area contributed by atoms with Crippen LogP contribution in [0, 0.1) is 0 Å². The van der Waals surface area contributed by atoms with E-state index in [1.807, 2.05) is 0 Å². The van der Waals surface area contributed by atoms with Crippen LogP contribution in [0.25, 0.3) is 0 Å². The van der Waals surface area contributed by atoms with Gasteiger partial charge in [-0.2, -0.15) is 0 Å². The highest BCUT2D eigenvalue weighted by atomic mass is 16.6. The molecule has 1 unspecified atom stereocenters. The molecule has 5 nitrogen and oxygen atoms in total. The first-order valence-electron chi connectivity index (χ1n) is 34.1. The lowest BCUT2D eigenvalue weighted by molar-refractivity contribution is -0.161. The molecule has 0 aromatic rings. The van der Waals surface area contributed by atoms with Crippen LogP contribution in [0.2, 0.25) is 0 Å². The van der Waals surface area contributed by atoms with Crippen molar-refractivity contribution in [1.82, 2.24) is 0 Å². The molecule has 1 atom stereocenters. The number of hydrogen-bond acceptors (Lipinski definition) is 5. The molecule has 0 saturated heterocycles. The molecule has 0 radical (unpaired) electrons. The second-order valence-electron chi connectivity index (χ2n) is 22.5. The van der Waals surface area contributed by atoms with Gasteiger partial charge in [0, 0.05) is 12.8 Å². The lowest BCUT2D eigenvalue weighted by Crippen LogP contribution is -2.28. The largest absolute Gasteiger partial charge is 0.462 e. The highest BCUT2D eigenvalue weighted by Crippen LogP contribution is 2.17. The van der Waals surface area contributed by atoms with E-state index in [0.717, 1.165) is 96.3 Å². The second kappa shape index (κ2) is 69.6. The Morgan fingerprint density at radius 1 is 0.300 bits per heavy atom. The minimum absolute atomic E-state index is 0.0678. The number of aliphatic hydroxyl groups is 1. The number of aliphatic hydroxyl groups excluding tert-OH is 1. The zero-order valence-electron chi connectivity index (χ0n) is 52.6. The van der Waals surface area contributed by atoms with Crippen LogP contribution in [0.5, 0.6) is 0 Å². The fourth-order valence-electron chi connectivity index (χ4n) is 9.66. The number of rotatable bonds is 62. The van der Waals surface area contributed by atoms with Crippen LogP contribution in [0.15, 0.2) is 122 Å². The van der Waals surface area contributed by atoms with Crippen molar-refractivity contribution in [1.29, 1.82) is 0 Å². The first-order valence-corrected chi connectivity index (χ1v) is 34.1. The highest BCUT2D eigenvalue weighted by molar-refractivity contribution is 5.70. The first kappa shape index (κ1) is 76.3. The second-order valence-corrected chi connectivity index (χ2v) is 22.5. The molecule has 0 spiro atoms. The molecule has 0 heterocycles. The Morgan fingerprint density at radius 2 is 0.537 bits per heavy atom. The van der Waals surface area contributed by atoms with E-state index in [9.17, 15) is 14.7 Å². The van der Waals surface area contributed by atoms with Gasteiger partial charge in [-0.1, -0.05) is 322 Å². The van der Waals surface area contributed by atoms with Crippen LogP contribution in [0.3, 0.4) is 0 Å². The molecule has 0 aliphatic heterocycles. The van der Waals surface area contributed by atoms with E-state index in [4.69, 9.17) is 9.47 Å². The monoisotopic (exact) mass is 1110 g/mol. The van der Waals surface area contributed by atoms with E-state index >= 15 is 0 Å². The standard InChI is InChI=1S/C75H128O5/c1-3-5-7-9-11-13-15-17-19-21-23-25-27-29-30-31-32-33-34-35-36-37-38-39-40-41-42-43-44-46-48-50-52-54-56-58-60-62-64-66-68-70-75(78)80-73(71-76)72-79-74(77)69-67-65-63-61-59-57-55-53-51-49-47-45-28-26-24-22-20-18-16-14-12-10-8-6-4-2/h5,7,11,13,16-19,22-25,29-30,32-33,35-36,38-39,73,76H,3-4,6,8-10,12,14-15,20-21,26-28,31,34,37,40-72H2,1-2H3/b7-5-,13-11-,18-16-,19-17-,24-22-,25-23-,30-29-,33-32-,36-35-,39-38-. The van der Waals surface area contributed by atoms with E-state index in [1.165, 1.54) is 199 Å². The molecule has 0 rings (SSSR count). The molecule has 458 valence electrons. The normalized spacial score (nSPS) is 13.0. The Morgan fingerprint density at radius 3 is 0.812 bits per heavy atom. The van der Waals surface area contributed by atoms with Gasteiger partial charge in [-0.25, -0.2) is 0 Å². The zero-order chi connectivity index (χ0) is 57.6. The first-order chi connectivity index (χ1) is 39.6. The highest BCUT2D eigenvalue weighted by Gasteiger charge is 2.16. The summed E-state index contributed by atoms with van der Waals surface area (Å²) in [5, 5.41) is 9.69. The van der Waals surface area contributed by atoms with Crippen molar-refractivity contribution in [2.24, 2.45) is 0 Å². The van der Waals surface area contributed by atoms with E-state index in [1.54, 1.807) is 0 Å². The third-order valence-corrected chi connectivity index (χ3v) is 14.7. The molecule has 80 heavy (non-hydrogen) atoms. The molecule has 1 N–H and O–H groups in total. The van der Waals surface area contributed by atoms with Crippen LogP contribution in [-0.4, -0.2) is 36.4 Å². The lowest BCUT2D eigenvalue weighted by atomic mass is 10.0. The third kappa shape index (κ3) is 66.8. The molecular weight excluding hydrogens is 981 g/mol. The van der Waals surface area contributed by atoms with Gasteiger partial charge in [-0.05, 0) is 109 Å². The number of unbranched alkanes of at least 4 members (excludes halogenated alkanes) is 34. The van der Waals surface area contributed by atoms with E-state index in [2.05, 4.69) is 135 Å². The number of ether oxygens (including phenoxy) is 2. The predicted octanol–water partition coefficient (Wildman–Crippen LogP) is 23.8. The van der Waals surface area contributed by atoms with Crippen LogP contribution in [0.4, 0.5) is 0 Å². The fraction of sp³-hybridized carbons (Fsp3) is 0.707. The zero-order valence-corrected chi connectivity index (χ0v) is 52.6. The van der Waals surface area contributed by atoms with Crippen molar-refractivity contribution in [3.63, 3.8) is 0 Å². The van der Waals surface area contributed by atoms with Gasteiger partial charge < -0.3 is 14.6 Å². The SMILES string of the molecule is CC/C=C\C/C=C\C/C=C\C/C=C\C/C=C\C/C=C\C/C=C\C/C=C\CCCCCCCCCCCCCCCCCCC(=O)OC(CO)COC(=O)CCCCCCCCCCCCCCC/C=C\C/C=C\CCCCCCC. The summed E-state index contributed by atoms with van der Waals surface area (Å²) in [5.74, 6) is -0.583. The summed E-state index contributed by atoms with van der Waals surface area (Å²) < 4.78 is 10.8. The maximum absolute atomic E-state index is 12.4. The van der Waals surface area contributed by atoms with Crippen molar-refractivity contribution in [3.05, 3.63) is 122 Å². The van der Waals surface area contributed by atoms with E-state index in [-0.39, 0.29) is 25.2 Å². The molecule has 0 aliphatic carbocycles. The Labute approximate surface area is 496 Å². The Balaban J connectivity index is 3.48. The van der Waals surface area contributed by atoms with E-state index in [0.29, 0.717) is 12.8 Å². The average Bonchev–Trinajstić information content (AvgIpc) is 3.46. The van der Waals surface area contributed by atoms with Crippen molar-refractivity contribution in [2.45, 2.75) is 328 Å². The molecule has 0 bridgehead atoms. The van der Waals surface area contributed by atoms with Crippen LogP contribution in [-0.2, 0) is 19.1 Å². The minimum atomic E-state index is -0.778. The summed E-state index contributed by atoms with van der Waals surface area (Å²) in [7, 11) is 0. The minimum Gasteiger partial charge on any atom is -0.462 e. The maximum Gasteiger partial charge on any atom is 0.306 e. The van der Waals surface area contributed by atoms with Gasteiger partial charge in [-0.3, -0.25) is 9.59 Å². The Hall–Kier alpha value is -3.70. The Kier molecular flexibility index (Phi) is 66.4. The van der Waals surface area contributed by atoms with Gasteiger partial charge >= 0.3 is 11.9 Å². The van der Waals surface area contributed by atoms with Crippen LogP contribution >= 0.6 is 0 Å².